The van der Waals surface area contributed by atoms with Crippen molar-refractivity contribution in [3.63, 3.8) is 0 Å². The smallest absolute Gasteiger partial charge is 0.0190 e. The lowest BCUT2D eigenvalue weighted by Crippen LogP contribution is -1.96. The molecular weight excluding hydrogens is 256 g/mol. The number of rotatable bonds is 0. The molecule has 18 heavy (non-hydrogen) atoms. The van der Waals surface area contributed by atoms with Crippen molar-refractivity contribution in [3.05, 3.63) is 70.8 Å². The number of benzene rings is 2. The van der Waals surface area contributed by atoms with Crippen LogP contribution in [0.25, 0.3) is 0 Å². The van der Waals surface area contributed by atoms with Crippen molar-refractivity contribution in [2.45, 2.75) is 23.0 Å². The summed E-state index contributed by atoms with van der Waals surface area (Å²) in [7, 11) is 0. The Morgan fingerprint density at radius 2 is 0.778 bits per heavy atom. The van der Waals surface area contributed by atoms with Gasteiger partial charge in [-0.15, -0.1) is 0 Å². The van der Waals surface area contributed by atoms with Crippen LogP contribution >= 0.6 is 23.5 Å². The summed E-state index contributed by atoms with van der Waals surface area (Å²) in [4.78, 5) is 0. The van der Waals surface area contributed by atoms with E-state index in [0.29, 0.717) is 0 Å². The van der Waals surface area contributed by atoms with Crippen molar-refractivity contribution in [1.82, 2.24) is 0 Å². The van der Waals surface area contributed by atoms with E-state index in [2.05, 4.69) is 48.5 Å². The van der Waals surface area contributed by atoms with Gasteiger partial charge >= 0.3 is 0 Å². The topological polar surface area (TPSA) is 0 Å². The zero-order valence-electron chi connectivity index (χ0n) is 10.3. The van der Waals surface area contributed by atoms with E-state index in [1.165, 1.54) is 22.3 Å². The van der Waals surface area contributed by atoms with Gasteiger partial charge < -0.3 is 0 Å². The maximum absolute atomic E-state index is 2.27. The first-order chi connectivity index (χ1) is 8.93. The quantitative estimate of drug-likeness (QED) is 0.671. The largest absolute Gasteiger partial charge is 0.152 e. The summed E-state index contributed by atoms with van der Waals surface area (Å²) in [6.45, 7) is 0. The van der Waals surface area contributed by atoms with E-state index in [1.807, 2.05) is 23.5 Å². The van der Waals surface area contributed by atoms with E-state index < -0.39 is 0 Å². The average Bonchev–Trinajstić information content (AvgIpc) is 2.43. The van der Waals surface area contributed by atoms with Gasteiger partial charge in [0.15, 0.2) is 0 Å². The third kappa shape index (κ3) is 2.76. The fourth-order valence-electron chi connectivity index (χ4n) is 2.22. The molecule has 1 heterocycles. The second-order valence-corrected chi connectivity index (χ2v) is 6.49. The number of thioether (sulfide) groups is 2. The van der Waals surface area contributed by atoms with Gasteiger partial charge in [0.2, 0.25) is 0 Å². The third-order valence-electron chi connectivity index (χ3n) is 3.27. The summed E-state index contributed by atoms with van der Waals surface area (Å²) in [5, 5.41) is 0. The molecule has 0 fully saturated rings. The van der Waals surface area contributed by atoms with Gasteiger partial charge in [-0.25, -0.2) is 0 Å². The van der Waals surface area contributed by atoms with Crippen molar-refractivity contribution in [2.24, 2.45) is 0 Å². The number of fused-ring (bicyclic) bond motifs is 2. The Labute approximate surface area is 117 Å². The Kier molecular flexibility index (Phi) is 3.96. The van der Waals surface area contributed by atoms with Crippen LogP contribution in [0.15, 0.2) is 48.5 Å². The molecule has 92 valence electrons. The highest BCUT2D eigenvalue weighted by molar-refractivity contribution is 7.98. The average molecular weight is 272 g/mol. The minimum Gasteiger partial charge on any atom is -0.152 e. The van der Waals surface area contributed by atoms with Gasteiger partial charge in [-0.2, -0.15) is 23.5 Å². The monoisotopic (exact) mass is 272 g/mol. The Hall–Kier alpha value is -0.860. The maximum Gasteiger partial charge on any atom is 0.0190 e. The molecule has 0 saturated heterocycles. The molecule has 0 amide bonds. The van der Waals surface area contributed by atoms with Crippen molar-refractivity contribution in [2.75, 3.05) is 0 Å². The Balaban J connectivity index is 1.85. The maximum atomic E-state index is 2.27. The molecule has 0 nitrogen and oxygen atoms in total. The predicted molar refractivity (Wildman–Crippen MR) is 82.9 cm³/mol. The Bertz CT molecular complexity index is 439. The SMILES string of the molecule is c1ccc2c(c1)CSCc1ccccc1CSC2. The highest BCUT2D eigenvalue weighted by Gasteiger charge is 2.08. The molecule has 0 bridgehead atoms. The molecule has 2 aromatic rings. The fraction of sp³-hybridized carbons (Fsp3) is 0.250. The van der Waals surface area contributed by atoms with E-state index in [1.54, 1.807) is 0 Å². The van der Waals surface area contributed by atoms with Crippen LogP contribution in [0.2, 0.25) is 0 Å². The normalized spacial score (nSPS) is 15.6. The lowest BCUT2D eigenvalue weighted by Gasteiger charge is -2.14. The summed E-state index contributed by atoms with van der Waals surface area (Å²) < 4.78 is 0. The van der Waals surface area contributed by atoms with E-state index in [-0.39, 0.29) is 0 Å². The molecule has 0 unspecified atom stereocenters. The molecule has 2 aromatic carbocycles. The lowest BCUT2D eigenvalue weighted by molar-refractivity contribution is 1.23. The van der Waals surface area contributed by atoms with Crippen LogP contribution in [0, 0.1) is 0 Å². The van der Waals surface area contributed by atoms with Crippen LogP contribution < -0.4 is 0 Å². The van der Waals surface area contributed by atoms with Crippen LogP contribution in [0.1, 0.15) is 22.3 Å². The summed E-state index contributed by atoms with van der Waals surface area (Å²) >= 11 is 4.06. The molecule has 1 aliphatic heterocycles. The third-order valence-corrected chi connectivity index (χ3v) is 5.33. The van der Waals surface area contributed by atoms with Gasteiger partial charge in [0.05, 0.1) is 0 Å². The van der Waals surface area contributed by atoms with Crippen LogP contribution in [-0.4, -0.2) is 0 Å². The van der Waals surface area contributed by atoms with Gasteiger partial charge in [0.25, 0.3) is 0 Å². The van der Waals surface area contributed by atoms with Crippen molar-refractivity contribution in [3.8, 4) is 0 Å². The van der Waals surface area contributed by atoms with Gasteiger partial charge in [0.1, 0.15) is 0 Å². The van der Waals surface area contributed by atoms with E-state index >= 15 is 0 Å². The molecule has 0 radical (unpaired) electrons. The standard InChI is InChI=1S/C16H16S2/c1-2-6-14-10-18-12-16-8-4-3-7-15(16)11-17-9-13(14)5-1/h1-8H,9-12H2. The first-order valence-corrected chi connectivity index (χ1v) is 8.53. The Morgan fingerprint density at radius 3 is 1.06 bits per heavy atom. The fourth-order valence-corrected chi connectivity index (χ4v) is 4.43. The van der Waals surface area contributed by atoms with Crippen LogP contribution in [0.5, 0.6) is 0 Å². The van der Waals surface area contributed by atoms with Crippen molar-refractivity contribution >= 4 is 23.5 Å². The highest BCUT2D eigenvalue weighted by Crippen LogP contribution is 2.29. The van der Waals surface area contributed by atoms with Crippen molar-refractivity contribution < 1.29 is 0 Å². The van der Waals surface area contributed by atoms with Gasteiger partial charge in [-0.3, -0.25) is 0 Å². The summed E-state index contributed by atoms with van der Waals surface area (Å²) in [5.74, 6) is 4.52. The lowest BCUT2D eigenvalue weighted by atomic mass is 10.1. The van der Waals surface area contributed by atoms with Gasteiger partial charge in [0, 0.05) is 23.0 Å². The summed E-state index contributed by atoms with van der Waals surface area (Å²) in [5.41, 5.74) is 6.03. The molecule has 0 aliphatic carbocycles. The minimum atomic E-state index is 1.13. The van der Waals surface area contributed by atoms with Crippen molar-refractivity contribution in [1.29, 1.82) is 0 Å². The second-order valence-electron chi connectivity index (χ2n) is 4.52. The zero-order valence-corrected chi connectivity index (χ0v) is 11.9. The number of hydrogen-bond donors (Lipinski definition) is 0. The van der Waals surface area contributed by atoms with E-state index in [4.69, 9.17) is 0 Å². The molecule has 1 aliphatic rings. The molecule has 0 saturated carbocycles. The molecule has 0 N–H and O–H groups in total. The zero-order chi connectivity index (χ0) is 12.2. The summed E-state index contributed by atoms with van der Waals surface area (Å²) in [6.07, 6.45) is 0. The molecule has 3 rings (SSSR count). The predicted octanol–water partition coefficient (Wildman–Crippen LogP) is 4.87. The molecule has 0 spiro atoms. The molecular formula is C16H16S2. The van der Waals surface area contributed by atoms with Gasteiger partial charge in [-0.1, -0.05) is 48.5 Å². The van der Waals surface area contributed by atoms with Gasteiger partial charge in [-0.05, 0) is 22.3 Å². The van der Waals surface area contributed by atoms with Crippen LogP contribution in [-0.2, 0) is 23.0 Å². The molecule has 0 atom stereocenters. The highest BCUT2D eigenvalue weighted by atomic mass is 32.2. The van der Waals surface area contributed by atoms with E-state index in [0.717, 1.165) is 23.0 Å². The molecule has 2 heteroatoms. The number of hydrogen-bond acceptors (Lipinski definition) is 2. The van der Waals surface area contributed by atoms with Crippen LogP contribution in [0.4, 0.5) is 0 Å². The second kappa shape index (κ2) is 5.85. The van der Waals surface area contributed by atoms with Crippen LogP contribution in [0.3, 0.4) is 0 Å². The first-order valence-electron chi connectivity index (χ1n) is 6.22. The Morgan fingerprint density at radius 1 is 0.500 bits per heavy atom. The summed E-state index contributed by atoms with van der Waals surface area (Å²) in [6, 6.07) is 17.7. The first kappa shape index (κ1) is 12.2. The van der Waals surface area contributed by atoms with E-state index in [9.17, 15) is 0 Å². The molecule has 0 aromatic heterocycles. The minimum absolute atomic E-state index is 1.13.